The van der Waals surface area contributed by atoms with Crippen molar-refractivity contribution in [3.8, 4) is 0 Å². The SMILES string of the molecule is CSc1ccc(C(Nc2ccccn2)c2c(NC(=O)c3ccco3)sc3c2CCCC3)cc1. The summed E-state index contributed by atoms with van der Waals surface area (Å²) in [5.41, 5.74) is 3.62. The Morgan fingerprint density at radius 2 is 1.94 bits per heavy atom. The molecule has 1 atom stereocenters. The molecular weight excluding hydrogens is 450 g/mol. The number of hydrogen-bond donors (Lipinski definition) is 2. The summed E-state index contributed by atoms with van der Waals surface area (Å²) in [4.78, 5) is 20.0. The van der Waals surface area contributed by atoms with Crippen LogP contribution in [-0.2, 0) is 12.8 Å². The number of carbonyl (C=O) groups is 1. The highest BCUT2D eigenvalue weighted by Gasteiger charge is 2.29. The van der Waals surface area contributed by atoms with Crippen molar-refractivity contribution in [1.82, 2.24) is 4.98 Å². The third-order valence-corrected chi connectivity index (χ3v) is 7.85. The molecule has 1 aliphatic rings. The Morgan fingerprint density at radius 1 is 1.09 bits per heavy atom. The Balaban J connectivity index is 1.60. The van der Waals surface area contributed by atoms with E-state index in [0.29, 0.717) is 5.76 Å². The minimum absolute atomic E-state index is 0.138. The number of anilines is 2. The molecule has 1 amide bonds. The van der Waals surface area contributed by atoms with E-state index >= 15 is 0 Å². The molecule has 1 aliphatic carbocycles. The number of pyridine rings is 1. The molecule has 0 saturated carbocycles. The van der Waals surface area contributed by atoms with Crippen molar-refractivity contribution in [2.45, 2.75) is 36.6 Å². The van der Waals surface area contributed by atoms with E-state index in [1.54, 1.807) is 41.4 Å². The summed E-state index contributed by atoms with van der Waals surface area (Å²) >= 11 is 3.42. The monoisotopic (exact) mass is 475 g/mol. The van der Waals surface area contributed by atoms with Crippen LogP contribution in [0.3, 0.4) is 0 Å². The van der Waals surface area contributed by atoms with Crippen molar-refractivity contribution < 1.29 is 9.21 Å². The Morgan fingerprint density at radius 3 is 2.67 bits per heavy atom. The number of fused-ring (bicyclic) bond motifs is 1. The molecule has 5 rings (SSSR count). The van der Waals surface area contributed by atoms with Gasteiger partial charge in [0.25, 0.3) is 5.91 Å². The van der Waals surface area contributed by atoms with Gasteiger partial charge in [-0.2, -0.15) is 0 Å². The topological polar surface area (TPSA) is 67.2 Å². The van der Waals surface area contributed by atoms with Gasteiger partial charge in [0.1, 0.15) is 10.8 Å². The minimum atomic E-state index is -0.228. The zero-order valence-electron chi connectivity index (χ0n) is 18.3. The first-order valence-electron chi connectivity index (χ1n) is 11.0. The van der Waals surface area contributed by atoms with Gasteiger partial charge in [-0.05, 0) is 79.5 Å². The number of nitrogens with one attached hydrogen (secondary N) is 2. The van der Waals surface area contributed by atoms with Gasteiger partial charge in [-0.25, -0.2) is 4.98 Å². The van der Waals surface area contributed by atoms with E-state index < -0.39 is 0 Å². The number of amides is 1. The summed E-state index contributed by atoms with van der Waals surface area (Å²) in [6.07, 6.45) is 9.79. The van der Waals surface area contributed by atoms with Gasteiger partial charge in [-0.15, -0.1) is 23.1 Å². The zero-order chi connectivity index (χ0) is 22.6. The first-order chi connectivity index (χ1) is 16.2. The molecule has 2 N–H and O–H groups in total. The van der Waals surface area contributed by atoms with Crippen molar-refractivity contribution in [2.24, 2.45) is 0 Å². The molecule has 168 valence electrons. The second-order valence-corrected chi connectivity index (χ2v) is 9.94. The van der Waals surface area contributed by atoms with Crippen molar-refractivity contribution in [2.75, 3.05) is 16.9 Å². The van der Waals surface area contributed by atoms with Gasteiger partial charge in [0.05, 0.1) is 12.3 Å². The van der Waals surface area contributed by atoms with Crippen LogP contribution >= 0.6 is 23.1 Å². The van der Waals surface area contributed by atoms with Crippen LogP contribution in [0, 0.1) is 0 Å². The number of furan rings is 1. The second kappa shape index (κ2) is 9.85. The third kappa shape index (κ3) is 4.70. The minimum Gasteiger partial charge on any atom is -0.459 e. The smallest absolute Gasteiger partial charge is 0.291 e. The molecule has 0 aliphatic heterocycles. The van der Waals surface area contributed by atoms with Gasteiger partial charge in [0.15, 0.2) is 5.76 Å². The molecule has 0 radical (unpaired) electrons. The van der Waals surface area contributed by atoms with Crippen LogP contribution < -0.4 is 10.6 Å². The van der Waals surface area contributed by atoms with Crippen LogP contribution in [-0.4, -0.2) is 17.1 Å². The Labute approximate surface area is 201 Å². The standard InChI is InChI=1S/C26H25N3O2S2/c1-32-18-13-11-17(12-14-18)24(28-22-10-4-5-15-27-22)23-19-7-2-3-9-21(19)33-26(23)29-25(30)20-8-6-16-31-20/h4-6,8,10-16,24H,2-3,7,9H2,1H3,(H,27,28)(H,29,30). The molecule has 0 fully saturated rings. The van der Waals surface area contributed by atoms with E-state index in [1.165, 1.54) is 28.0 Å². The summed E-state index contributed by atoms with van der Waals surface area (Å²) in [7, 11) is 0. The largest absolute Gasteiger partial charge is 0.459 e. The van der Waals surface area contributed by atoms with Crippen molar-refractivity contribution >= 4 is 39.8 Å². The zero-order valence-corrected chi connectivity index (χ0v) is 20.0. The van der Waals surface area contributed by atoms with E-state index in [4.69, 9.17) is 4.42 Å². The lowest BCUT2D eigenvalue weighted by molar-refractivity contribution is 0.0997. The summed E-state index contributed by atoms with van der Waals surface area (Å²) in [5.74, 6) is 0.885. The number of nitrogens with zero attached hydrogens (tertiary/aromatic N) is 1. The molecule has 5 nitrogen and oxygen atoms in total. The number of benzene rings is 1. The third-order valence-electron chi connectivity index (χ3n) is 5.88. The normalized spacial score (nSPS) is 13.8. The van der Waals surface area contributed by atoms with Gasteiger partial charge in [0.2, 0.25) is 0 Å². The number of rotatable bonds is 7. The number of aryl methyl sites for hydroxylation is 1. The molecule has 3 aromatic heterocycles. The number of aromatic nitrogens is 1. The molecule has 1 unspecified atom stereocenters. The van der Waals surface area contributed by atoms with Crippen LogP contribution in [0.15, 0.2) is 76.4 Å². The fraction of sp³-hybridized carbons (Fsp3) is 0.231. The van der Waals surface area contributed by atoms with E-state index in [0.717, 1.165) is 41.2 Å². The van der Waals surface area contributed by atoms with E-state index in [1.807, 2.05) is 18.2 Å². The van der Waals surface area contributed by atoms with Gasteiger partial charge in [-0.3, -0.25) is 4.79 Å². The predicted molar refractivity (Wildman–Crippen MR) is 136 cm³/mol. The lowest BCUT2D eigenvalue weighted by Crippen LogP contribution is -2.18. The quantitative estimate of drug-likeness (QED) is 0.288. The van der Waals surface area contributed by atoms with E-state index in [2.05, 4.69) is 46.1 Å². The highest BCUT2D eigenvalue weighted by Crippen LogP contribution is 2.44. The van der Waals surface area contributed by atoms with E-state index in [9.17, 15) is 4.79 Å². The maximum atomic E-state index is 12.9. The molecule has 0 saturated heterocycles. The Bertz CT molecular complexity index is 1220. The summed E-state index contributed by atoms with van der Waals surface area (Å²) in [6.45, 7) is 0. The summed E-state index contributed by atoms with van der Waals surface area (Å²) in [5, 5.41) is 7.68. The highest BCUT2D eigenvalue weighted by atomic mass is 32.2. The molecule has 0 bridgehead atoms. The van der Waals surface area contributed by atoms with Crippen LogP contribution in [0.1, 0.15) is 51.0 Å². The van der Waals surface area contributed by atoms with Gasteiger partial charge in [0, 0.05) is 21.5 Å². The lowest BCUT2D eigenvalue weighted by atomic mass is 9.89. The second-order valence-electron chi connectivity index (χ2n) is 7.95. The maximum absolute atomic E-state index is 12.9. The van der Waals surface area contributed by atoms with E-state index in [-0.39, 0.29) is 11.9 Å². The molecule has 3 heterocycles. The molecule has 0 spiro atoms. The lowest BCUT2D eigenvalue weighted by Gasteiger charge is -2.24. The summed E-state index contributed by atoms with van der Waals surface area (Å²) in [6, 6.07) is 17.8. The highest BCUT2D eigenvalue weighted by molar-refractivity contribution is 7.98. The molecular formula is C26H25N3O2S2. The van der Waals surface area contributed by atoms with Crippen molar-refractivity contribution in [3.63, 3.8) is 0 Å². The molecule has 7 heteroatoms. The molecule has 33 heavy (non-hydrogen) atoms. The van der Waals surface area contributed by atoms with Crippen LogP contribution in [0.25, 0.3) is 0 Å². The molecule has 1 aromatic carbocycles. The fourth-order valence-corrected chi connectivity index (χ4v) is 6.01. The summed E-state index contributed by atoms with van der Waals surface area (Å²) < 4.78 is 5.34. The van der Waals surface area contributed by atoms with Gasteiger partial charge >= 0.3 is 0 Å². The van der Waals surface area contributed by atoms with Crippen LogP contribution in [0.4, 0.5) is 10.8 Å². The fourth-order valence-electron chi connectivity index (χ4n) is 4.28. The number of thioether (sulfide) groups is 1. The van der Waals surface area contributed by atoms with Crippen molar-refractivity contribution in [1.29, 1.82) is 0 Å². The average molecular weight is 476 g/mol. The van der Waals surface area contributed by atoms with Crippen LogP contribution in [0.5, 0.6) is 0 Å². The van der Waals surface area contributed by atoms with Gasteiger partial charge < -0.3 is 15.1 Å². The number of carbonyl (C=O) groups excluding carboxylic acids is 1. The predicted octanol–water partition coefficient (Wildman–Crippen LogP) is 6.79. The maximum Gasteiger partial charge on any atom is 0.291 e. The van der Waals surface area contributed by atoms with Crippen molar-refractivity contribution in [3.05, 3.63) is 94.4 Å². The average Bonchev–Trinajstić information content (AvgIpc) is 3.52. The Kier molecular flexibility index (Phi) is 6.51. The first kappa shape index (κ1) is 21.8. The number of hydrogen-bond acceptors (Lipinski definition) is 6. The Hall–Kier alpha value is -3.03. The molecule has 4 aromatic rings. The van der Waals surface area contributed by atoms with Gasteiger partial charge in [-0.1, -0.05) is 18.2 Å². The number of thiophene rings is 1. The first-order valence-corrected chi connectivity index (χ1v) is 13.1. The van der Waals surface area contributed by atoms with Crippen LogP contribution in [0.2, 0.25) is 0 Å².